The number of sulfone groups is 1. The van der Waals surface area contributed by atoms with E-state index in [4.69, 9.17) is 11.6 Å². The lowest BCUT2D eigenvalue weighted by Gasteiger charge is -2.34. The van der Waals surface area contributed by atoms with E-state index >= 15 is 0 Å². The smallest absolute Gasteiger partial charge is 0.229 e. The zero-order valence-corrected chi connectivity index (χ0v) is 13.8. The molecule has 0 amide bonds. The summed E-state index contributed by atoms with van der Waals surface area (Å²) in [7, 11) is -6.66. The average Bonchev–Trinajstić information content (AvgIpc) is 2.60. The second-order valence-corrected chi connectivity index (χ2v) is 9.97. The number of halogens is 1. The molecule has 0 radical (unpaired) electrons. The Hall–Kier alpha value is 0.110. The second-order valence-electron chi connectivity index (χ2n) is 5.43. The number of alkyl halides is 1. The van der Waals surface area contributed by atoms with E-state index in [9.17, 15) is 16.8 Å². The van der Waals surface area contributed by atoms with Gasteiger partial charge in [0, 0.05) is 32.1 Å². The van der Waals surface area contributed by atoms with Crippen LogP contribution in [0.4, 0.5) is 0 Å². The van der Waals surface area contributed by atoms with Gasteiger partial charge >= 0.3 is 0 Å². The largest absolute Gasteiger partial charge is 0.282 e. The monoisotopic (exact) mass is 344 g/mol. The highest BCUT2D eigenvalue weighted by Gasteiger charge is 2.35. The molecule has 0 spiro atoms. The van der Waals surface area contributed by atoms with Crippen LogP contribution in [0.15, 0.2) is 0 Å². The molecule has 2 fully saturated rings. The lowest BCUT2D eigenvalue weighted by molar-refractivity contribution is 0.261. The van der Waals surface area contributed by atoms with Crippen molar-refractivity contribution in [2.24, 2.45) is 5.92 Å². The molecule has 0 aliphatic carbocycles. The van der Waals surface area contributed by atoms with Crippen LogP contribution in [-0.4, -0.2) is 69.0 Å². The normalized spacial score (nSPS) is 29.9. The minimum atomic E-state index is -3.56. The minimum Gasteiger partial charge on any atom is -0.229 e. The lowest BCUT2D eigenvalue weighted by Crippen LogP contribution is -2.49. The van der Waals surface area contributed by atoms with E-state index < -0.39 is 20.0 Å². The maximum atomic E-state index is 12.6. The predicted molar refractivity (Wildman–Crippen MR) is 78.8 cm³/mol. The molecule has 2 aliphatic heterocycles. The molecular formula is C11H21ClN2O4S2. The van der Waals surface area contributed by atoms with E-state index in [1.54, 1.807) is 0 Å². The van der Waals surface area contributed by atoms with Gasteiger partial charge < -0.3 is 0 Å². The van der Waals surface area contributed by atoms with E-state index in [0.29, 0.717) is 25.4 Å². The van der Waals surface area contributed by atoms with Gasteiger partial charge in [-0.1, -0.05) is 0 Å². The first kappa shape index (κ1) is 16.5. The Labute approximate surface area is 126 Å². The first-order valence-electron chi connectivity index (χ1n) is 6.87. The Balaban J connectivity index is 2.09. The van der Waals surface area contributed by atoms with Crippen molar-refractivity contribution in [1.29, 1.82) is 0 Å². The van der Waals surface area contributed by atoms with E-state index in [0.717, 1.165) is 12.8 Å². The Bertz CT molecular complexity index is 535. The van der Waals surface area contributed by atoms with Crippen LogP contribution in [0, 0.1) is 5.92 Å². The number of rotatable bonds is 3. The highest BCUT2D eigenvalue weighted by molar-refractivity contribution is 7.91. The van der Waals surface area contributed by atoms with Crippen molar-refractivity contribution in [3.63, 3.8) is 0 Å². The second kappa shape index (κ2) is 6.48. The fourth-order valence-corrected chi connectivity index (χ4v) is 6.08. The zero-order chi connectivity index (χ0) is 14.8. The fourth-order valence-electron chi connectivity index (χ4n) is 2.67. The van der Waals surface area contributed by atoms with E-state index in [2.05, 4.69) is 0 Å². The first-order chi connectivity index (χ1) is 9.35. The summed E-state index contributed by atoms with van der Waals surface area (Å²) in [4.78, 5) is 0. The van der Waals surface area contributed by atoms with Gasteiger partial charge in [0.1, 0.15) is 0 Å². The summed E-state index contributed by atoms with van der Waals surface area (Å²) in [6, 6.07) is 0. The molecule has 0 aromatic carbocycles. The summed E-state index contributed by atoms with van der Waals surface area (Å²) in [5.74, 6) is 0.638. The maximum Gasteiger partial charge on any atom is 0.282 e. The summed E-state index contributed by atoms with van der Waals surface area (Å²) in [6.45, 7) is 1.28. The van der Waals surface area contributed by atoms with Crippen molar-refractivity contribution < 1.29 is 16.8 Å². The van der Waals surface area contributed by atoms with Gasteiger partial charge in [-0.15, -0.1) is 11.6 Å². The van der Waals surface area contributed by atoms with Gasteiger partial charge in [0.15, 0.2) is 9.84 Å². The molecule has 0 saturated carbocycles. The molecule has 118 valence electrons. The molecular weight excluding hydrogens is 324 g/mol. The first-order valence-corrected chi connectivity index (χ1v) is 10.6. The van der Waals surface area contributed by atoms with Gasteiger partial charge in [0.05, 0.1) is 11.5 Å². The Morgan fingerprint density at radius 2 is 1.75 bits per heavy atom. The van der Waals surface area contributed by atoms with Gasteiger partial charge in [0.25, 0.3) is 10.2 Å². The third-order valence-electron chi connectivity index (χ3n) is 3.87. The fraction of sp³-hybridized carbons (Fsp3) is 1.00. The van der Waals surface area contributed by atoms with E-state index in [1.807, 2.05) is 0 Å². The van der Waals surface area contributed by atoms with Crippen LogP contribution < -0.4 is 0 Å². The van der Waals surface area contributed by atoms with Gasteiger partial charge in [-0.05, 0) is 25.2 Å². The van der Waals surface area contributed by atoms with Crippen molar-refractivity contribution in [1.82, 2.24) is 8.61 Å². The summed E-state index contributed by atoms with van der Waals surface area (Å²) in [5, 5.41) is 0. The SMILES string of the molecule is O=S1(=O)CCCN(S(=O)(=O)N2CCCC(CCl)C2)CC1. The van der Waals surface area contributed by atoms with Crippen LogP contribution in [-0.2, 0) is 20.0 Å². The maximum absolute atomic E-state index is 12.6. The van der Waals surface area contributed by atoms with Gasteiger partial charge in [0.2, 0.25) is 0 Å². The lowest BCUT2D eigenvalue weighted by atomic mass is 10.0. The summed E-state index contributed by atoms with van der Waals surface area (Å²) in [6.07, 6.45) is 2.13. The molecule has 2 heterocycles. The predicted octanol–water partition coefficient (Wildman–Crippen LogP) is 0.303. The molecule has 0 bridgehead atoms. The molecule has 0 aromatic heterocycles. The molecule has 20 heavy (non-hydrogen) atoms. The summed E-state index contributed by atoms with van der Waals surface area (Å²) >= 11 is 5.83. The van der Waals surface area contributed by atoms with Crippen LogP contribution in [0.1, 0.15) is 19.3 Å². The highest BCUT2D eigenvalue weighted by Crippen LogP contribution is 2.23. The van der Waals surface area contributed by atoms with E-state index in [1.165, 1.54) is 8.61 Å². The molecule has 9 heteroatoms. The van der Waals surface area contributed by atoms with Crippen molar-refractivity contribution in [2.45, 2.75) is 19.3 Å². The highest BCUT2D eigenvalue weighted by atomic mass is 35.5. The topological polar surface area (TPSA) is 74.8 Å². The Kier molecular flexibility index (Phi) is 5.34. The van der Waals surface area contributed by atoms with Crippen molar-refractivity contribution >= 4 is 31.6 Å². The zero-order valence-electron chi connectivity index (χ0n) is 11.4. The minimum absolute atomic E-state index is 0.0622. The molecule has 0 aromatic rings. The summed E-state index contributed by atoms with van der Waals surface area (Å²) in [5.41, 5.74) is 0. The molecule has 0 N–H and O–H groups in total. The third-order valence-corrected chi connectivity index (χ3v) is 8.02. The molecule has 2 aliphatic rings. The van der Waals surface area contributed by atoms with E-state index in [-0.39, 0.29) is 30.5 Å². The third kappa shape index (κ3) is 3.85. The quantitative estimate of drug-likeness (QED) is 0.690. The van der Waals surface area contributed by atoms with Gasteiger partial charge in [-0.25, -0.2) is 8.42 Å². The van der Waals surface area contributed by atoms with Crippen LogP contribution in [0.25, 0.3) is 0 Å². The van der Waals surface area contributed by atoms with Crippen LogP contribution in [0.2, 0.25) is 0 Å². The van der Waals surface area contributed by atoms with Crippen molar-refractivity contribution in [3.8, 4) is 0 Å². The number of hydrogen-bond acceptors (Lipinski definition) is 4. The average molecular weight is 345 g/mol. The molecule has 2 saturated heterocycles. The standard InChI is InChI=1S/C11H21ClN2O4S2/c12-9-11-3-1-4-14(10-11)20(17,18)13-5-2-7-19(15,16)8-6-13/h11H,1-10H2. The molecule has 1 unspecified atom stereocenters. The number of hydrogen-bond donors (Lipinski definition) is 0. The summed E-state index contributed by atoms with van der Waals surface area (Å²) < 4.78 is 51.1. The molecule has 2 rings (SSSR count). The molecule has 1 atom stereocenters. The van der Waals surface area contributed by atoms with Crippen LogP contribution in [0.5, 0.6) is 0 Å². The Morgan fingerprint density at radius 1 is 1.05 bits per heavy atom. The number of nitrogens with zero attached hydrogens (tertiary/aromatic N) is 2. The van der Waals surface area contributed by atoms with Crippen LogP contribution >= 0.6 is 11.6 Å². The molecule has 6 nitrogen and oxygen atoms in total. The van der Waals surface area contributed by atoms with Crippen LogP contribution in [0.3, 0.4) is 0 Å². The van der Waals surface area contributed by atoms with Gasteiger partial charge in [-0.3, -0.25) is 0 Å². The number of piperidine rings is 1. The van der Waals surface area contributed by atoms with Crippen molar-refractivity contribution in [2.75, 3.05) is 43.6 Å². The van der Waals surface area contributed by atoms with Gasteiger partial charge in [-0.2, -0.15) is 17.0 Å². The Morgan fingerprint density at radius 3 is 2.45 bits per heavy atom. The van der Waals surface area contributed by atoms with Crippen molar-refractivity contribution in [3.05, 3.63) is 0 Å².